The molecule has 0 fully saturated rings. The predicted molar refractivity (Wildman–Crippen MR) is 51.8 cm³/mol. The zero-order valence-electron chi connectivity index (χ0n) is 7.45. The maximum Gasteiger partial charge on any atom is 0.433 e. The normalized spacial score (nSPS) is 11.1. The van der Waals surface area contributed by atoms with Crippen molar-refractivity contribution in [3.05, 3.63) is 39.9 Å². The van der Waals surface area contributed by atoms with Crippen molar-refractivity contribution < 1.29 is 14.8 Å². The molecule has 1 aromatic carbocycles. The number of hydrogen-bond acceptors (Lipinski definition) is 3. The van der Waals surface area contributed by atoms with Crippen molar-refractivity contribution in [1.82, 2.24) is 0 Å². The topological polar surface area (TPSA) is 119 Å². The van der Waals surface area contributed by atoms with Crippen LogP contribution in [0, 0.1) is 10.1 Å². The van der Waals surface area contributed by atoms with Crippen molar-refractivity contribution in [2.24, 2.45) is 10.7 Å². The number of amides is 1. The maximum atomic E-state index is 10.4. The molecule has 0 heterocycles. The molecule has 15 heavy (non-hydrogen) atoms. The predicted octanol–water partition coefficient (Wildman–Crippen LogP) is 0.978. The van der Waals surface area contributed by atoms with Crippen molar-refractivity contribution in [1.29, 1.82) is 0 Å². The van der Waals surface area contributed by atoms with E-state index < -0.39 is 11.0 Å². The number of nitrogens with zero attached hydrogens (tertiary/aromatic N) is 2. The number of amidine groups is 1. The van der Waals surface area contributed by atoms with Gasteiger partial charge in [0.15, 0.2) is 0 Å². The summed E-state index contributed by atoms with van der Waals surface area (Å²) in [6, 6.07) is 5.27. The number of carboxylic acid groups (broad SMARTS) is 1. The second-order valence-corrected chi connectivity index (χ2v) is 2.59. The number of non-ortho nitro benzene ring substituents is 1. The van der Waals surface area contributed by atoms with Gasteiger partial charge in [-0.05, 0) is 0 Å². The van der Waals surface area contributed by atoms with Gasteiger partial charge in [-0.15, -0.1) is 0 Å². The molecule has 3 N–H and O–H groups in total. The fourth-order valence-corrected chi connectivity index (χ4v) is 0.946. The standard InChI is InChI=1S/C8H7N3O4/c9-7(10-8(12)13)5-2-1-3-6(4-5)11(14)15/h1-4H,(H2,9,10)(H,12,13). The molecular formula is C8H7N3O4. The first-order valence-electron chi connectivity index (χ1n) is 3.82. The van der Waals surface area contributed by atoms with Crippen molar-refractivity contribution in [2.75, 3.05) is 0 Å². The van der Waals surface area contributed by atoms with E-state index in [1.54, 1.807) is 0 Å². The summed E-state index contributed by atoms with van der Waals surface area (Å²) in [4.78, 5) is 23.0. The van der Waals surface area contributed by atoms with Crippen LogP contribution in [0.2, 0.25) is 0 Å². The average molecular weight is 209 g/mol. The Morgan fingerprint density at radius 3 is 2.73 bits per heavy atom. The van der Waals surface area contributed by atoms with E-state index >= 15 is 0 Å². The Bertz CT molecular complexity index is 441. The van der Waals surface area contributed by atoms with Gasteiger partial charge in [-0.1, -0.05) is 12.1 Å². The highest BCUT2D eigenvalue weighted by atomic mass is 16.6. The first kappa shape index (κ1) is 10.6. The Kier molecular flexibility index (Phi) is 2.97. The highest BCUT2D eigenvalue weighted by molar-refractivity contribution is 6.02. The average Bonchev–Trinajstić information content (AvgIpc) is 2.17. The van der Waals surface area contributed by atoms with E-state index in [2.05, 4.69) is 4.99 Å². The van der Waals surface area contributed by atoms with Crippen LogP contribution in [-0.4, -0.2) is 22.0 Å². The van der Waals surface area contributed by atoms with Crippen LogP contribution in [0.25, 0.3) is 0 Å². The van der Waals surface area contributed by atoms with Crippen molar-refractivity contribution in [3.63, 3.8) is 0 Å². The molecule has 0 aromatic heterocycles. The molecule has 0 saturated heterocycles. The first-order valence-corrected chi connectivity index (χ1v) is 3.82. The van der Waals surface area contributed by atoms with Crippen LogP contribution in [-0.2, 0) is 0 Å². The largest absolute Gasteiger partial charge is 0.463 e. The molecule has 0 unspecified atom stereocenters. The van der Waals surface area contributed by atoms with E-state index in [0.717, 1.165) is 6.07 Å². The first-order chi connectivity index (χ1) is 7.00. The van der Waals surface area contributed by atoms with E-state index in [1.807, 2.05) is 0 Å². The number of rotatable bonds is 2. The molecule has 0 bridgehead atoms. The molecule has 0 aliphatic rings. The summed E-state index contributed by atoms with van der Waals surface area (Å²) in [5.74, 6) is -0.272. The maximum absolute atomic E-state index is 10.4. The van der Waals surface area contributed by atoms with Gasteiger partial charge in [0, 0.05) is 17.7 Å². The fraction of sp³-hybridized carbons (Fsp3) is 0. The molecular weight excluding hydrogens is 202 g/mol. The summed E-state index contributed by atoms with van der Waals surface area (Å²) in [6.45, 7) is 0. The van der Waals surface area contributed by atoms with Crippen molar-refractivity contribution in [3.8, 4) is 0 Å². The Balaban J connectivity index is 3.11. The summed E-state index contributed by atoms with van der Waals surface area (Å²) in [5.41, 5.74) is 5.34. The minimum Gasteiger partial charge on any atom is -0.463 e. The lowest BCUT2D eigenvalue weighted by Crippen LogP contribution is -2.15. The fourth-order valence-electron chi connectivity index (χ4n) is 0.946. The van der Waals surface area contributed by atoms with Crippen LogP contribution in [0.1, 0.15) is 5.56 Å². The second-order valence-electron chi connectivity index (χ2n) is 2.59. The van der Waals surface area contributed by atoms with E-state index in [1.165, 1.54) is 18.2 Å². The Hall–Kier alpha value is -2.44. The zero-order chi connectivity index (χ0) is 11.4. The minimum atomic E-state index is -1.45. The summed E-state index contributed by atoms with van der Waals surface area (Å²) in [5, 5.41) is 18.7. The van der Waals surface area contributed by atoms with Gasteiger partial charge in [-0.2, -0.15) is 4.99 Å². The Labute approximate surface area is 84.0 Å². The van der Waals surface area contributed by atoms with Crippen LogP contribution < -0.4 is 5.73 Å². The molecule has 7 heteroatoms. The smallest absolute Gasteiger partial charge is 0.433 e. The minimum absolute atomic E-state index is 0.170. The van der Waals surface area contributed by atoms with Gasteiger partial charge in [0.25, 0.3) is 5.69 Å². The lowest BCUT2D eigenvalue weighted by Gasteiger charge is -1.98. The van der Waals surface area contributed by atoms with Crippen molar-refractivity contribution in [2.45, 2.75) is 0 Å². The van der Waals surface area contributed by atoms with Crippen molar-refractivity contribution >= 4 is 17.6 Å². The molecule has 0 atom stereocenters. The zero-order valence-corrected chi connectivity index (χ0v) is 7.45. The molecule has 0 spiro atoms. The highest BCUT2D eigenvalue weighted by Crippen LogP contribution is 2.12. The molecule has 0 aliphatic heterocycles. The van der Waals surface area contributed by atoms with Crippen LogP contribution in [0.5, 0.6) is 0 Å². The number of nitrogens with two attached hydrogens (primary N) is 1. The number of carbonyl (C=O) groups is 1. The monoisotopic (exact) mass is 209 g/mol. The second kappa shape index (κ2) is 4.18. The van der Waals surface area contributed by atoms with Gasteiger partial charge < -0.3 is 10.8 Å². The van der Waals surface area contributed by atoms with E-state index in [-0.39, 0.29) is 17.1 Å². The summed E-state index contributed by atoms with van der Waals surface area (Å²) in [6.07, 6.45) is -1.45. The van der Waals surface area contributed by atoms with Gasteiger partial charge in [0.1, 0.15) is 5.84 Å². The summed E-state index contributed by atoms with van der Waals surface area (Å²) in [7, 11) is 0. The molecule has 1 rings (SSSR count). The molecule has 78 valence electrons. The lowest BCUT2D eigenvalue weighted by molar-refractivity contribution is -0.384. The molecule has 1 amide bonds. The molecule has 0 saturated carbocycles. The third kappa shape index (κ3) is 2.76. The SMILES string of the molecule is N/C(=N\C(=O)O)c1cccc([N+](=O)[O-])c1. The number of aliphatic imine (C=N–C) groups is 1. The molecule has 1 aromatic rings. The lowest BCUT2D eigenvalue weighted by atomic mass is 10.2. The Morgan fingerprint density at radius 1 is 1.53 bits per heavy atom. The number of hydrogen-bond donors (Lipinski definition) is 2. The number of benzene rings is 1. The quantitative estimate of drug-likeness (QED) is 0.325. The summed E-state index contributed by atoms with van der Waals surface area (Å²) < 4.78 is 0. The van der Waals surface area contributed by atoms with Gasteiger partial charge in [-0.25, -0.2) is 4.79 Å². The van der Waals surface area contributed by atoms with Crippen LogP contribution >= 0.6 is 0 Å². The Morgan fingerprint density at radius 2 is 2.20 bits per heavy atom. The van der Waals surface area contributed by atoms with Gasteiger partial charge in [0.05, 0.1) is 4.92 Å². The number of nitro groups is 1. The third-order valence-electron chi connectivity index (χ3n) is 1.57. The number of nitro benzene ring substituents is 1. The van der Waals surface area contributed by atoms with E-state index in [9.17, 15) is 14.9 Å². The highest BCUT2D eigenvalue weighted by Gasteiger charge is 2.08. The van der Waals surface area contributed by atoms with Crippen LogP contribution in [0.15, 0.2) is 29.3 Å². The molecule has 7 nitrogen and oxygen atoms in total. The summed E-state index contributed by atoms with van der Waals surface area (Å²) >= 11 is 0. The third-order valence-corrected chi connectivity index (χ3v) is 1.57. The van der Waals surface area contributed by atoms with Gasteiger partial charge in [0.2, 0.25) is 0 Å². The molecule has 0 aliphatic carbocycles. The van der Waals surface area contributed by atoms with Crippen LogP contribution in [0.4, 0.5) is 10.5 Å². The van der Waals surface area contributed by atoms with E-state index in [0.29, 0.717) is 0 Å². The molecule has 0 radical (unpaired) electrons. The van der Waals surface area contributed by atoms with Gasteiger partial charge in [-0.3, -0.25) is 10.1 Å². The van der Waals surface area contributed by atoms with Crippen LogP contribution in [0.3, 0.4) is 0 Å². The van der Waals surface area contributed by atoms with Gasteiger partial charge >= 0.3 is 6.09 Å². The van der Waals surface area contributed by atoms with E-state index in [4.69, 9.17) is 10.8 Å².